The van der Waals surface area contributed by atoms with E-state index in [0.29, 0.717) is 6.07 Å². The van der Waals surface area contributed by atoms with Crippen molar-refractivity contribution in [2.75, 3.05) is 0 Å². The zero-order chi connectivity index (χ0) is 23.5. The van der Waals surface area contributed by atoms with E-state index in [1.54, 1.807) is 12.1 Å². The van der Waals surface area contributed by atoms with Gasteiger partial charge in [0.2, 0.25) is 0 Å². The number of alkyl halides is 3. The number of rotatable bonds is 6. The molecule has 0 amide bonds. The molecule has 0 N–H and O–H groups in total. The van der Waals surface area contributed by atoms with Gasteiger partial charge in [-0.1, -0.05) is 48.5 Å². The smallest absolute Gasteiger partial charge is 0.379 e. The van der Waals surface area contributed by atoms with E-state index in [9.17, 15) is 21.6 Å². The molecule has 8 heteroatoms. The van der Waals surface area contributed by atoms with E-state index in [4.69, 9.17) is 4.18 Å². The summed E-state index contributed by atoms with van der Waals surface area (Å²) in [6.07, 6.45) is -4.82. The summed E-state index contributed by atoms with van der Waals surface area (Å²) in [5, 5.41) is 0. The van der Waals surface area contributed by atoms with Gasteiger partial charge in [0.25, 0.3) is 0 Å². The Morgan fingerprint density at radius 1 is 0.606 bits per heavy atom. The lowest BCUT2D eigenvalue weighted by molar-refractivity contribution is -0.139. The molecule has 0 aliphatic carbocycles. The minimum absolute atomic E-state index is 0.0691. The molecule has 4 aromatic carbocycles. The second kappa shape index (κ2) is 9.33. The lowest BCUT2D eigenvalue weighted by Crippen LogP contribution is -2.17. The Morgan fingerprint density at radius 2 is 1.06 bits per heavy atom. The van der Waals surface area contributed by atoms with E-state index in [0.717, 1.165) is 26.8 Å². The lowest BCUT2D eigenvalue weighted by atomic mass is 10.2. The third kappa shape index (κ3) is 5.23. The zero-order valence-corrected chi connectivity index (χ0v) is 18.7. The number of halogens is 3. The van der Waals surface area contributed by atoms with Crippen molar-refractivity contribution in [2.24, 2.45) is 0 Å². The Hall–Kier alpha value is -3.23. The van der Waals surface area contributed by atoms with Crippen molar-refractivity contribution in [3.63, 3.8) is 0 Å². The van der Waals surface area contributed by atoms with Gasteiger partial charge in [-0.15, -0.1) is 0 Å². The first-order valence-electron chi connectivity index (χ1n) is 9.81. The molecule has 4 rings (SSSR count). The minimum Gasteiger partial charge on any atom is -0.379 e. The van der Waals surface area contributed by atoms with Gasteiger partial charge in [-0.05, 0) is 60.7 Å². The van der Waals surface area contributed by atoms with E-state index in [1.165, 1.54) is 18.2 Å². The van der Waals surface area contributed by atoms with Gasteiger partial charge in [0.15, 0.2) is 14.7 Å². The average molecular weight is 488 g/mol. The Morgan fingerprint density at radius 3 is 1.58 bits per heavy atom. The summed E-state index contributed by atoms with van der Waals surface area (Å²) in [7, 11) is -5.13. The fraction of sp³-hybridized carbons (Fsp3) is 0.0400. The van der Waals surface area contributed by atoms with Gasteiger partial charge in [0, 0.05) is 0 Å². The monoisotopic (exact) mass is 487 g/mol. The Kier molecular flexibility index (Phi) is 6.49. The normalized spacial score (nSPS) is 12.0. The van der Waals surface area contributed by atoms with E-state index in [-0.39, 0.29) is 5.75 Å². The number of benzene rings is 4. The van der Waals surface area contributed by atoms with Crippen LogP contribution < -0.4 is 4.18 Å². The van der Waals surface area contributed by atoms with Crippen molar-refractivity contribution in [1.29, 1.82) is 0 Å². The molecule has 0 radical (unpaired) electrons. The van der Waals surface area contributed by atoms with Crippen LogP contribution in [0.25, 0.3) is 0 Å². The lowest BCUT2D eigenvalue weighted by Gasteiger charge is -2.13. The molecule has 0 aromatic heterocycles. The summed E-state index contributed by atoms with van der Waals surface area (Å²) < 4.78 is 70.1. The quantitative estimate of drug-likeness (QED) is 0.228. The molecular weight excluding hydrogens is 469 g/mol. The van der Waals surface area contributed by atoms with Gasteiger partial charge in [-0.25, -0.2) is 0 Å². The molecule has 0 bridgehead atoms. The summed E-state index contributed by atoms with van der Waals surface area (Å²) in [5.74, 6) is -0.0691. The molecule has 0 saturated carbocycles. The van der Waals surface area contributed by atoms with Crippen LogP contribution in [0.15, 0.2) is 129 Å². The third-order valence-electron chi connectivity index (χ3n) is 4.68. The van der Waals surface area contributed by atoms with Crippen molar-refractivity contribution in [2.45, 2.75) is 25.8 Å². The van der Waals surface area contributed by atoms with Crippen molar-refractivity contribution in [3.8, 4) is 5.75 Å². The van der Waals surface area contributed by atoms with Crippen LogP contribution in [0.2, 0.25) is 0 Å². The highest BCUT2D eigenvalue weighted by Crippen LogP contribution is 2.36. The SMILES string of the molecule is O=S(=O)(Oc1ccc([S+](c2ccccc2)c2ccccc2)cc1)c1ccccc1C(F)(F)F. The molecule has 168 valence electrons. The van der Waals surface area contributed by atoms with E-state index in [2.05, 4.69) is 0 Å². The summed E-state index contributed by atoms with van der Waals surface area (Å²) >= 11 is 0. The first kappa shape index (κ1) is 22.9. The summed E-state index contributed by atoms with van der Waals surface area (Å²) in [5.41, 5.74) is -1.27. The average Bonchev–Trinajstić information content (AvgIpc) is 2.81. The Bertz CT molecular complexity index is 1280. The highest BCUT2D eigenvalue weighted by molar-refractivity contribution is 7.97. The van der Waals surface area contributed by atoms with Crippen molar-refractivity contribution in [1.82, 2.24) is 0 Å². The van der Waals surface area contributed by atoms with Crippen LogP contribution >= 0.6 is 0 Å². The maximum absolute atomic E-state index is 13.3. The standard InChI is InChI=1S/C25H18F3O3S2/c26-25(27,28)23-13-7-8-14-24(23)33(29,30)31-19-15-17-22(18-16-19)32(20-9-3-1-4-10-20)21-11-5-2-6-12-21/h1-18H/q+1. The topological polar surface area (TPSA) is 43.4 Å². The van der Waals surface area contributed by atoms with Crippen LogP contribution in [0.3, 0.4) is 0 Å². The fourth-order valence-electron chi connectivity index (χ4n) is 3.24. The van der Waals surface area contributed by atoms with Gasteiger partial charge < -0.3 is 4.18 Å². The van der Waals surface area contributed by atoms with Crippen LogP contribution in [0, 0.1) is 0 Å². The largest absolute Gasteiger partial charge is 0.417 e. The molecule has 0 aliphatic rings. The predicted octanol–water partition coefficient (Wildman–Crippen LogP) is 6.57. The van der Waals surface area contributed by atoms with Crippen LogP contribution in [-0.2, 0) is 27.2 Å². The molecule has 0 heterocycles. The van der Waals surface area contributed by atoms with E-state index >= 15 is 0 Å². The van der Waals surface area contributed by atoms with Crippen molar-refractivity contribution in [3.05, 3.63) is 115 Å². The van der Waals surface area contributed by atoms with Crippen LogP contribution in [-0.4, -0.2) is 8.42 Å². The van der Waals surface area contributed by atoms with Crippen LogP contribution in [0.1, 0.15) is 5.56 Å². The van der Waals surface area contributed by atoms with Gasteiger partial charge in [0.05, 0.1) is 16.5 Å². The summed E-state index contributed by atoms with van der Waals surface area (Å²) in [6, 6.07) is 30.0. The molecule has 4 aromatic rings. The van der Waals surface area contributed by atoms with Crippen molar-refractivity contribution >= 4 is 21.0 Å². The molecule has 0 saturated heterocycles. The van der Waals surface area contributed by atoms with Crippen LogP contribution in [0.5, 0.6) is 5.75 Å². The molecule has 33 heavy (non-hydrogen) atoms. The van der Waals surface area contributed by atoms with Gasteiger partial charge >= 0.3 is 16.3 Å². The highest BCUT2D eigenvalue weighted by Gasteiger charge is 2.38. The van der Waals surface area contributed by atoms with Crippen molar-refractivity contribution < 1.29 is 25.8 Å². The molecule has 0 aliphatic heterocycles. The van der Waals surface area contributed by atoms with E-state index in [1.807, 2.05) is 60.7 Å². The second-order valence-corrected chi connectivity index (χ2v) is 10.5. The first-order chi connectivity index (χ1) is 15.8. The highest BCUT2D eigenvalue weighted by atomic mass is 32.2. The molecule has 3 nitrogen and oxygen atoms in total. The molecule has 0 fully saturated rings. The molecule has 0 unspecified atom stereocenters. The number of hydrogen-bond acceptors (Lipinski definition) is 3. The number of hydrogen-bond donors (Lipinski definition) is 0. The Labute approximate surface area is 193 Å². The first-order valence-corrected chi connectivity index (χ1v) is 12.4. The Balaban J connectivity index is 1.66. The maximum atomic E-state index is 13.3. The minimum atomic E-state index is -4.82. The summed E-state index contributed by atoms with van der Waals surface area (Å²) in [6.45, 7) is 0. The fourth-order valence-corrected chi connectivity index (χ4v) is 6.48. The zero-order valence-electron chi connectivity index (χ0n) is 17.1. The van der Waals surface area contributed by atoms with Crippen LogP contribution in [0.4, 0.5) is 13.2 Å². The second-order valence-electron chi connectivity index (χ2n) is 6.94. The van der Waals surface area contributed by atoms with Gasteiger partial charge in [-0.2, -0.15) is 21.6 Å². The molecule has 0 spiro atoms. The van der Waals surface area contributed by atoms with Gasteiger partial charge in [-0.3, -0.25) is 0 Å². The van der Waals surface area contributed by atoms with Gasteiger partial charge in [0.1, 0.15) is 10.6 Å². The predicted molar refractivity (Wildman–Crippen MR) is 121 cm³/mol. The third-order valence-corrected chi connectivity index (χ3v) is 8.22. The summed E-state index contributed by atoms with van der Waals surface area (Å²) in [4.78, 5) is 2.14. The molecular formula is C25H18F3O3S2+. The molecule has 0 atom stereocenters. The van der Waals surface area contributed by atoms with E-state index < -0.39 is 37.6 Å². The maximum Gasteiger partial charge on any atom is 0.417 e.